The second-order valence-electron chi connectivity index (χ2n) is 7.42. The molecule has 8 heteroatoms. The molecule has 7 nitrogen and oxygen atoms in total. The first-order valence-electron chi connectivity index (χ1n) is 10.1. The maximum absolute atomic E-state index is 12.8. The smallest absolute Gasteiger partial charge is 0.262 e. The van der Waals surface area contributed by atoms with Gasteiger partial charge in [0.25, 0.3) is 15.9 Å². The van der Waals surface area contributed by atoms with Crippen LogP contribution in [0.15, 0.2) is 53.4 Å². The third-order valence-corrected chi connectivity index (χ3v) is 6.44. The van der Waals surface area contributed by atoms with Crippen LogP contribution < -0.4 is 14.8 Å². The molecule has 1 aliphatic heterocycles. The Labute approximate surface area is 177 Å². The van der Waals surface area contributed by atoms with E-state index >= 15 is 0 Å². The van der Waals surface area contributed by atoms with Crippen LogP contribution in [0.3, 0.4) is 0 Å². The van der Waals surface area contributed by atoms with Gasteiger partial charge < -0.3 is 14.8 Å². The molecular weight excluding hydrogens is 404 g/mol. The van der Waals surface area contributed by atoms with Crippen LogP contribution in [-0.2, 0) is 14.8 Å². The number of benzene rings is 2. The number of anilines is 1. The van der Waals surface area contributed by atoms with Crippen LogP contribution in [0.5, 0.6) is 5.75 Å². The van der Waals surface area contributed by atoms with Gasteiger partial charge in [0.2, 0.25) is 0 Å². The molecule has 0 aromatic heterocycles. The lowest BCUT2D eigenvalue weighted by molar-refractivity contribution is 0.0899. The fourth-order valence-electron chi connectivity index (χ4n) is 3.42. The Hall–Kier alpha value is -2.58. The van der Waals surface area contributed by atoms with E-state index in [0.29, 0.717) is 17.0 Å². The highest BCUT2D eigenvalue weighted by Gasteiger charge is 2.20. The number of hydrogen-bond acceptors (Lipinski definition) is 5. The molecule has 0 radical (unpaired) electrons. The predicted octanol–water partition coefficient (Wildman–Crippen LogP) is 3.57. The van der Waals surface area contributed by atoms with Gasteiger partial charge in [-0.2, -0.15) is 0 Å². The molecule has 1 aliphatic rings. The first kappa shape index (κ1) is 22.1. The summed E-state index contributed by atoms with van der Waals surface area (Å²) in [7, 11) is -2.41. The zero-order chi connectivity index (χ0) is 21.6. The summed E-state index contributed by atoms with van der Waals surface area (Å²) in [5.41, 5.74) is 0.625. The number of hydrogen-bond donors (Lipinski definition) is 2. The van der Waals surface area contributed by atoms with E-state index < -0.39 is 10.0 Å². The molecule has 0 bridgehead atoms. The van der Waals surface area contributed by atoms with Crippen LogP contribution >= 0.6 is 0 Å². The van der Waals surface area contributed by atoms with Crippen molar-refractivity contribution >= 4 is 21.6 Å². The Morgan fingerprint density at radius 1 is 1.23 bits per heavy atom. The average molecular weight is 433 g/mol. The summed E-state index contributed by atoms with van der Waals surface area (Å²) >= 11 is 0. The molecule has 1 fully saturated rings. The Kier molecular flexibility index (Phi) is 7.33. The molecular formula is C22H28N2O5S. The predicted molar refractivity (Wildman–Crippen MR) is 115 cm³/mol. The third-order valence-electron chi connectivity index (χ3n) is 5.08. The zero-order valence-corrected chi connectivity index (χ0v) is 18.1. The Balaban J connectivity index is 1.66. The Bertz CT molecular complexity index is 971. The van der Waals surface area contributed by atoms with Gasteiger partial charge >= 0.3 is 0 Å². The number of nitrogens with one attached hydrogen (secondary N) is 2. The molecule has 2 atom stereocenters. The molecule has 1 amide bonds. The normalized spacial score (nSPS) is 17.3. The molecule has 1 heterocycles. The summed E-state index contributed by atoms with van der Waals surface area (Å²) in [6, 6.07) is 12.7. The molecule has 0 aliphatic carbocycles. The van der Waals surface area contributed by atoms with Crippen molar-refractivity contribution in [2.24, 2.45) is 0 Å². The molecule has 0 saturated carbocycles. The van der Waals surface area contributed by atoms with E-state index in [1.54, 1.807) is 36.4 Å². The van der Waals surface area contributed by atoms with Crippen LogP contribution in [-0.4, -0.2) is 40.2 Å². The number of amides is 1. The number of methoxy groups -OCH3 is 1. The molecule has 0 spiro atoms. The lowest BCUT2D eigenvalue weighted by Gasteiger charge is -2.17. The van der Waals surface area contributed by atoms with Crippen molar-refractivity contribution in [2.75, 3.05) is 18.4 Å². The van der Waals surface area contributed by atoms with E-state index in [1.165, 1.54) is 19.2 Å². The van der Waals surface area contributed by atoms with E-state index in [2.05, 4.69) is 10.0 Å². The van der Waals surface area contributed by atoms with Gasteiger partial charge in [-0.25, -0.2) is 8.42 Å². The maximum atomic E-state index is 12.8. The molecule has 2 N–H and O–H groups in total. The fourth-order valence-corrected chi connectivity index (χ4v) is 4.54. The van der Waals surface area contributed by atoms with Crippen molar-refractivity contribution in [3.05, 3.63) is 54.1 Å². The lowest BCUT2D eigenvalue weighted by Crippen LogP contribution is -2.33. The highest BCUT2D eigenvalue weighted by atomic mass is 32.2. The minimum absolute atomic E-state index is 0.00747. The van der Waals surface area contributed by atoms with Crippen molar-refractivity contribution < 1.29 is 22.7 Å². The van der Waals surface area contributed by atoms with E-state index in [9.17, 15) is 13.2 Å². The topological polar surface area (TPSA) is 93.7 Å². The van der Waals surface area contributed by atoms with Crippen LogP contribution in [0.25, 0.3) is 0 Å². The number of rotatable bonds is 9. The highest BCUT2D eigenvalue weighted by molar-refractivity contribution is 7.92. The van der Waals surface area contributed by atoms with Crippen LogP contribution in [0.1, 0.15) is 43.0 Å². The van der Waals surface area contributed by atoms with Gasteiger partial charge in [0, 0.05) is 18.2 Å². The van der Waals surface area contributed by atoms with Crippen LogP contribution in [0.4, 0.5) is 5.69 Å². The summed E-state index contributed by atoms with van der Waals surface area (Å²) in [5.74, 6) is 0.110. The van der Waals surface area contributed by atoms with Gasteiger partial charge in [0.15, 0.2) is 0 Å². The minimum Gasteiger partial charge on any atom is -0.495 e. The summed E-state index contributed by atoms with van der Waals surface area (Å²) in [6.45, 7) is 2.76. The summed E-state index contributed by atoms with van der Waals surface area (Å²) in [4.78, 5) is 12.6. The van der Waals surface area contributed by atoms with Gasteiger partial charge in [-0.1, -0.05) is 18.2 Å². The largest absolute Gasteiger partial charge is 0.495 e. The second kappa shape index (κ2) is 9.95. The number of ether oxygens (including phenoxy) is 2. The quantitative estimate of drug-likeness (QED) is 0.632. The van der Waals surface area contributed by atoms with Crippen molar-refractivity contribution in [3.8, 4) is 5.75 Å². The fraction of sp³-hybridized carbons (Fsp3) is 0.409. The molecule has 2 aromatic rings. The number of para-hydroxylation sites is 2. The SMILES string of the molecule is COc1ccccc1NS(=O)(=O)c1cccc(C(=O)NC(C)CCC2CCCO2)c1. The van der Waals surface area contributed by atoms with Crippen molar-refractivity contribution in [1.82, 2.24) is 5.32 Å². The van der Waals surface area contributed by atoms with Gasteiger partial charge in [0.1, 0.15) is 5.75 Å². The second-order valence-corrected chi connectivity index (χ2v) is 9.10. The minimum atomic E-state index is -3.88. The van der Waals surface area contributed by atoms with Crippen molar-refractivity contribution in [3.63, 3.8) is 0 Å². The number of sulfonamides is 1. The zero-order valence-electron chi connectivity index (χ0n) is 17.3. The molecule has 3 rings (SSSR count). The van der Waals surface area contributed by atoms with E-state index in [1.807, 2.05) is 6.92 Å². The molecule has 2 aromatic carbocycles. The van der Waals surface area contributed by atoms with E-state index in [4.69, 9.17) is 9.47 Å². The molecule has 30 heavy (non-hydrogen) atoms. The average Bonchev–Trinajstić information content (AvgIpc) is 3.26. The highest BCUT2D eigenvalue weighted by Crippen LogP contribution is 2.26. The first-order chi connectivity index (χ1) is 14.4. The summed E-state index contributed by atoms with van der Waals surface area (Å²) < 4.78 is 38.9. The van der Waals surface area contributed by atoms with Crippen molar-refractivity contribution in [1.29, 1.82) is 0 Å². The van der Waals surface area contributed by atoms with Crippen LogP contribution in [0.2, 0.25) is 0 Å². The summed E-state index contributed by atoms with van der Waals surface area (Å²) in [6.07, 6.45) is 4.15. The summed E-state index contributed by atoms with van der Waals surface area (Å²) in [5, 5.41) is 2.94. The number of carbonyl (C=O) groups is 1. The van der Waals surface area contributed by atoms with E-state index in [-0.39, 0.29) is 22.9 Å². The standard InChI is InChI=1S/C22H28N2O5S/c1-16(12-13-18-8-6-14-29-18)23-22(25)17-7-5-9-19(15-17)30(26,27)24-20-10-3-4-11-21(20)28-2/h3-5,7,9-11,15-16,18,24H,6,8,12-14H2,1-2H3,(H,23,25). The first-order valence-corrected chi connectivity index (χ1v) is 11.6. The van der Waals surface area contributed by atoms with Crippen molar-refractivity contribution in [2.45, 2.75) is 49.6 Å². The van der Waals surface area contributed by atoms with Crippen LogP contribution in [0, 0.1) is 0 Å². The van der Waals surface area contributed by atoms with Gasteiger partial charge in [-0.05, 0) is 62.9 Å². The Morgan fingerprint density at radius 3 is 2.77 bits per heavy atom. The lowest BCUT2D eigenvalue weighted by atomic mass is 10.1. The molecule has 1 saturated heterocycles. The van der Waals surface area contributed by atoms with Gasteiger partial charge in [-0.3, -0.25) is 9.52 Å². The Morgan fingerprint density at radius 2 is 2.03 bits per heavy atom. The number of carbonyl (C=O) groups excluding carboxylic acids is 1. The van der Waals surface area contributed by atoms with Gasteiger partial charge in [-0.15, -0.1) is 0 Å². The molecule has 162 valence electrons. The maximum Gasteiger partial charge on any atom is 0.262 e. The van der Waals surface area contributed by atoms with Gasteiger partial charge in [0.05, 0.1) is 23.8 Å². The monoisotopic (exact) mass is 432 g/mol. The third kappa shape index (κ3) is 5.73. The van der Waals surface area contributed by atoms with E-state index in [0.717, 1.165) is 32.3 Å². The molecule has 2 unspecified atom stereocenters.